The maximum Gasteiger partial charge on any atom is 0.323 e. The van der Waals surface area contributed by atoms with E-state index in [1.807, 2.05) is 57.2 Å². The van der Waals surface area contributed by atoms with E-state index in [4.69, 9.17) is 14.2 Å². The molecule has 1 aliphatic carbocycles. The van der Waals surface area contributed by atoms with Crippen LogP contribution in [-0.4, -0.2) is 44.4 Å². The first kappa shape index (κ1) is 36.1. The van der Waals surface area contributed by atoms with Crippen LogP contribution >= 0.6 is 0 Å². The molecule has 0 spiro atoms. The third-order valence-electron chi connectivity index (χ3n) is 8.49. The van der Waals surface area contributed by atoms with E-state index in [2.05, 4.69) is 30.6 Å². The van der Waals surface area contributed by atoms with Gasteiger partial charge in [0.25, 0.3) is 0 Å². The van der Waals surface area contributed by atoms with Gasteiger partial charge < -0.3 is 30.2 Å². The summed E-state index contributed by atoms with van der Waals surface area (Å²) in [5.41, 5.74) is 3.26. The molecule has 0 saturated heterocycles. The fourth-order valence-corrected chi connectivity index (χ4v) is 6.00. The molecule has 14 heteroatoms. The molecule has 1 saturated carbocycles. The van der Waals surface area contributed by atoms with Gasteiger partial charge in [0.2, 0.25) is 22.7 Å². The van der Waals surface area contributed by atoms with E-state index in [9.17, 15) is 18.0 Å². The van der Waals surface area contributed by atoms with Crippen molar-refractivity contribution in [2.45, 2.75) is 45.6 Å². The summed E-state index contributed by atoms with van der Waals surface area (Å²) in [6, 6.07) is 21.0. The van der Waals surface area contributed by atoms with Crippen LogP contribution < -0.4 is 34.9 Å². The fraction of sp³-hybridized carbons (Fsp3) is 0.263. The summed E-state index contributed by atoms with van der Waals surface area (Å²) in [7, 11) is 0.182. The second-order valence-electron chi connectivity index (χ2n) is 13.3. The highest BCUT2D eigenvalue weighted by Crippen LogP contribution is 2.38. The van der Waals surface area contributed by atoms with Gasteiger partial charge >= 0.3 is 6.03 Å². The molecule has 1 aromatic heterocycles. The molecule has 0 bridgehead atoms. The highest BCUT2D eigenvalue weighted by atomic mass is 32.2. The van der Waals surface area contributed by atoms with Gasteiger partial charge in [-0.05, 0) is 54.2 Å². The Bertz CT molecular complexity index is 2220. The summed E-state index contributed by atoms with van der Waals surface area (Å²) in [5.74, 6) is 2.09. The number of carbonyl (C=O) groups excluding carboxylic acids is 2. The molecule has 0 unspecified atom stereocenters. The molecule has 1 aliphatic rings. The fourth-order valence-electron chi connectivity index (χ4n) is 5.70. The van der Waals surface area contributed by atoms with Crippen LogP contribution in [-0.2, 0) is 22.8 Å². The minimum atomic E-state index is -2.83. The maximum absolute atomic E-state index is 13.5. The maximum atomic E-state index is 13.5. The lowest BCUT2D eigenvalue weighted by molar-refractivity contribution is 0.0967. The first-order chi connectivity index (χ1) is 24.9. The summed E-state index contributed by atoms with van der Waals surface area (Å²) < 4.78 is 42.2. The second kappa shape index (κ2) is 15.3. The third-order valence-corrected chi connectivity index (χ3v) is 8.91. The molecule has 1 fully saturated rings. The number of urea groups is 1. The average molecular weight is 725 g/mol. The Balaban J connectivity index is 1.22. The van der Waals surface area contributed by atoms with E-state index >= 15 is 0 Å². The van der Waals surface area contributed by atoms with Gasteiger partial charge in [0.05, 0.1) is 25.6 Å². The Kier molecular flexibility index (Phi) is 10.6. The molecule has 0 atom stereocenters. The van der Waals surface area contributed by atoms with Crippen LogP contribution in [0.2, 0.25) is 0 Å². The SMILES string of the molecule is COc1cc(Nc2nccc(Oc3ccc(NC(=O)Nc4cc(C(C)(C)C)cc(CN[SH](=O)=O)c4OC)c4ccccc34)n2)cc(C(=O)C2CC2)c1. The lowest BCUT2D eigenvalue weighted by Crippen LogP contribution is -2.22. The van der Waals surface area contributed by atoms with E-state index in [1.165, 1.54) is 7.11 Å². The van der Waals surface area contributed by atoms with Gasteiger partial charge in [-0.3, -0.25) is 4.79 Å². The lowest BCUT2D eigenvalue weighted by atomic mass is 9.85. The van der Waals surface area contributed by atoms with Crippen LogP contribution in [0.1, 0.15) is 55.1 Å². The number of amides is 2. The van der Waals surface area contributed by atoms with Crippen LogP contribution in [0.5, 0.6) is 23.1 Å². The molecule has 13 nitrogen and oxygen atoms in total. The summed E-state index contributed by atoms with van der Waals surface area (Å²) in [6.45, 7) is 6.07. The molecule has 6 rings (SSSR count). The van der Waals surface area contributed by atoms with Crippen molar-refractivity contribution >= 4 is 56.5 Å². The van der Waals surface area contributed by atoms with E-state index < -0.39 is 16.9 Å². The number of benzene rings is 4. The summed E-state index contributed by atoms with van der Waals surface area (Å²) in [6.07, 6.45) is 3.36. The number of methoxy groups -OCH3 is 2. The monoisotopic (exact) mass is 724 g/mol. The van der Waals surface area contributed by atoms with E-state index in [0.717, 1.165) is 23.8 Å². The van der Waals surface area contributed by atoms with Crippen LogP contribution in [0.4, 0.5) is 27.8 Å². The lowest BCUT2D eigenvalue weighted by Gasteiger charge is -2.24. The number of ether oxygens (including phenoxy) is 3. The van der Waals surface area contributed by atoms with Gasteiger partial charge in [-0.15, -0.1) is 0 Å². The number of thiol groups is 1. The molecule has 270 valence electrons. The molecule has 0 aliphatic heterocycles. The minimum Gasteiger partial charge on any atom is -0.497 e. The Morgan fingerprint density at radius 2 is 1.63 bits per heavy atom. The number of carbonyl (C=O) groups is 2. The van der Waals surface area contributed by atoms with E-state index in [0.29, 0.717) is 50.8 Å². The predicted molar refractivity (Wildman–Crippen MR) is 201 cm³/mol. The number of fused-ring (bicyclic) bond motifs is 1. The molecular weight excluding hydrogens is 685 g/mol. The Hall–Kier alpha value is -5.73. The van der Waals surface area contributed by atoms with Gasteiger partial charge in [-0.1, -0.05) is 51.1 Å². The van der Waals surface area contributed by atoms with Crippen molar-refractivity contribution in [1.29, 1.82) is 0 Å². The number of nitrogens with zero attached hydrogens (tertiary/aromatic N) is 2. The van der Waals surface area contributed by atoms with Gasteiger partial charge in [0.1, 0.15) is 17.2 Å². The van der Waals surface area contributed by atoms with Crippen molar-refractivity contribution in [3.8, 4) is 23.1 Å². The molecule has 4 N–H and O–H groups in total. The van der Waals surface area contributed by atoms with E-state index in [-0.39, 0.29) is 35.5 Å². The molecule has 1 heterocycles. The second-order valence-corrected chi connectivity index (χ2v) is 14.2. The van der Waals surface area contributed by atoms with Crippen molar-refractivity contribution in [2.75, 3.05) is 30.2 Å². The number of anilines is 4. The first-order valence-electron chi connectivity index (χ1n) is 16.6. The number of aromatic nitrogens is 2. The number of nitrogens with one attached hydrogen (secondary N) is 4. The van der Waals surface area contributed by atoms with Crippen LogP contribution in [0.3, 0.4) is 0 Å². The molecular formula is C38H40N6O7S. The smallest absolute Gasteiger partial charge is 0.323 e. The zero-order valence-corrected chi connectivity index (χ0v) is 30.3. The highest BCUT2D eigenvalue weighted by molar-refractivity contribution is 7.70. The van der Waals surface area contributed by atoms with Crippen molar-refractivity contribution in [1.82, 2.24) is 14.7 Å². The topological polar surface area (TPSA) is 170 Å². The Labute approximate surface area is 303 Å². The minimum absolute atomic E-state index is 0.00140. The molecule has 0 radical (unpaired) electrons. The summed E-state index contributed by atoms with van der Waals surface area (Å²) in [4.78, 5) is 35.1. The van der Waals surface area contributed by atoms with Crippen molar-refractivity contribution in [3.05, 3.63) is 95.7 Å². The Morgan fingerprint density at radius 1 is 0.885 bits per heavy atom. The first-order valence-corrected chi connectivity index (χ1v) is 17.8. The normalized spacial score (nSPS) is 12.7. The number of hydrogen-bond acceptors (Lipinski definition) is 10. The number of rotatable bonds is 13. The standard InChI is InChI=1S/C38H40N6O7S/c1-38(2,3)25-16-24(21-40-52(47)48)35(50-5)31(19-25)43-37(46)42-30-12-13-32(29-9-7-6-8-28(29)30)51-33-14-15-39-36(44-33)41-26-17-23(18-27(20-26)49-4)34(45)22-10-11-22/h6-9,12-20,22,52H,10-11,21H2,1-5H3,(H,39,41,44)(H,40,47,48)(H2,42,43,46). The average Bonchev–Trinajstić information content (AvgIpc) is 3.97. The van der Waals surface area contributed by atoms with Crippen molar-refractivity contribution < 1.29 is 32.2 Å². The van der Waals surface area contributed by atoms with Crippen LogP contribution in [0.25, 0.3) is 10.8 Å². The predicted octanol–water partition coefficient (Wildman–Crippen LogP) is 7.33. The zero-order valence-electron chi connectivity index (χ0n) is 29.4. The van der Waals surface area contributed by atoms with Gasteiger partial charge in [-0.2, -0.15) is 4.98 Å². The molecule has 4 aromatic carbocycles. The number of hydrogen-bond donors (Lipinski definition) is 5. The summed E-state index contributed by atoms with van der Waals surface area (Å²) in [5, 5.41) is 10.4. The van der Waals surface area contributed by atoms with E-state index in [1.54, 1.807) is 49.7 Å². The van der Waals surface area contributed by atoms with Crippen LogP contribution in [0, 0.1) is 5.92 Å². The van der Waals surface area contributed by atoms with Crippen LogP contribution in [0.15, 0.2) is 79.0 Å². The summed E-state index contributed by atoms with van der Waals surface area (Å²) >= 11 is 0. The Morgan fingerprint density at radius 3 is 2.33 bits per heavy atom. The molecule has 2 amide bonds. The van der Waals surface area contributed by atoms with Gasteiger partial charge in [0, 0.05) is 58.4 Å². The number of Topliss-reactive ketones (excluding diaryl/α,β-unsaturated/α-hetero) is 1. The van der Waals surface area contributed by atoms with Crippen molar-refractivity contribution in [2.24, 2.45) is 5.92 Å². The largest absolute Gasteiger partial charge is 0.497 e. The molecule has 5 aromatic rings. The van der Waals surface area contributed by atoms with Gasteiger partial charge in [-0.25, -0.2) is 22.9 Å². The zero-order chi connectivity index (χ0) is 37.0. The highest BCUT2D eigenvalue weighted by Gasteiger charge is 2.31. The number of ketones is 1. The third kappa shape index (κ3) is 8.58. The molecule has 52 heavy (non-hydrogen) atoms. The quantitative estimate of drug-likeness (QED) is 0.0612. The van der Waals surface area contributed by atoms with Crippen molar-refractivity contribution in [3.63, 3.8) is 0 Å². The van der Waals surface area contributed by atoms with Gasteiger partial charge in [0.15, 0.2) is 5.78 Å².